The fourth-order valence-corrected chi connectivity index (χ4v) is 2.86. The highest BCUT2D eigenvalue weighted by molar-refractivity contribution is 5.95. The number of carbonyl (C=O) groups is 5. The molecule has 0 radical (unpaired) electrons. The molecule has 1 aliphatic heterocycles. The standard InChI is InChI=1S/C13H13NO5.C12H15NO4/c15-11(18-8-9-4-2-1-3-5-9)7-6-10-12(16)19-13(17)14-10;13-10(12(15)16)6-7-11(14)17-8-9-4-2-1-3-5-9/h1-5,10H,6-8H2,(H,14,17);1-5,10H,6-8,13H2,(H,15,16)/t;10-/m.0/s1. The Labute approximate surface area is 207 Å². The van der Waals surface area contributed by atoms with Crippen LogP contribution in [0.2, 0.25) is 0 Å². The van der Waals surface area contributed by atoms with Gasteiger partial charge in [0.2, 0.25) is 0 Å². The van der Waals surface area contributed by atoms with Crippen molar-refractivity contribution in [2.75, 3.05) is 0 Å². The predicted molar refractivity (Wildman–Crippen MR) is 125 cm³/mol. The van der Waals surface area contributed by atoms with E-state index in [0.717, 1.165) is 11.1 Å². The highest BCUT2D eigenvalue weighted by Gasteiger charge is 2.32. The van der Waals surface area contributed by atoms with E-state index in [2.05, 4.69) is 10.1 Å². The van der Waals surface area contributed by atoms with Gasteiger partial charge in [-0.05, 0) is 24.0 Å². The van der Waals surface area contributed by atoms with Crippen LogP contribution in [-0.2, 0) is 46.6 Å². The highest BCUT2D eigenvalue weighted by atomic mass is 16.6. The number of carboxylic acid groups (broad SMARTS) is 1. The van der Waals surface area contributed by atoms with Gasteiger partial charge in [-0.2, -0.15) is 0 Å². The number of nitrogens with one attached hydrogen (secondary N) is 1. The zero-order valence-electron chi connectivity index (χ0n) is 19.5. The van der Waals surface area contributed by atoms with E-state index in [1.807, 2.05) is 60.7 Å². The van der Waals surface area contributed by atoms with Crippen molar-refractivity contribution in [1.29, 1.82) is 0 Å². The van der Waals surface area contributed by atoms with Crippen molar-refractivity contribution < 1.29 is 43.3 Å². The number of alkyl carbamates (subject to hydrolysis) is 1. The van der Waals surface area contributed by atoms with Gasteiger partial charge in [0.15, 0.2) is 0 Å². The molecule has 1 aliphatic rings. The number of rotatable bonds is 11. The number of cyclic esters (lactones) is 2. The average Bonchev–Trinajstić information content (AvgIpc) is 3.21. The fourth-order valence-electron chi connectivity index (χ4n) is 2.86. The molecule has 0 spiro atoms. The van der Waals surface area contributed by atoms with Gasteiger partial charge in [-0.1, -0.05) is 60.7 Å². The van der Waals surface area contributed by atoms with Crippen LogP contribution in [-0.4, -0.2) is 47.2 Å². The van der Waals surface area contributed by atoms with E-state index in [-0.39, 0.29) is 38.9 Å². The lowest BCUT2D eigenvalue weighted by Crippen LogP contribution is -2.30. The molecule has 3 rings (SSSR count). The van der Waals surface area contributed by atoms with E-state index in [1.165, 1.54) is 0 Å². The maximum Gasteiger partial charge on any atom is 0.415 e. The molecule has 1 unspecified atom stereocenters. The number of ether oxygens (including phenoxy) is 3. The van der Waals surface area contributed by atoms with E-state index < -0.39 is 42.1 Å². The minimum Gasteiger partial charge on any atom is -0.480 e. The van der Waals surface area contributed by atoms with Crippen LogP contribution in [0.3, 0.4) is 0 Å². The second-order valence-electron chi connectivity index (χ2n) is 7.72. The molecule has 1 fully saturated rings. The number of esters is 3. The number of amides is 1. The second kappa shape index (κ2) is 14.9. The summed E-state index contributed by atoms with van der Waals surface area (Å²) in [4.78, 5) is 55.0. The van der Waals surface area contributed by atoms with Crippen LogP contribution in [0.25, 0.3) is 0 Å². The zero-order chi connectivity index (χ0) is 26.3. The molecule has 1 saturated heterocycles. The number of nitrogens with two attached hydrogens (primary N) is 1. The number of hydrogen-bond donors (Lipinski definition) is 3. The van der Waals surface area contributed by atoms with Gasteiger partial charge < -0.3 is 30.4 Å². The smallest absolute Gasteiger partial charge is 0.415 e. The van der Waals surface area contributed by atoms with E-state index in [4.69, 9.17) is 20.3 Å². The Kier molecular flexibility index (Phi) is 11.6. The van der Waals surface area contributed by atoms with E-state index in [9.17, 15) is 24.0 Å². The SMILES string of the molecule is N[C@@H](CCC(=O)OCc1ccccc1)C(=O)O.O=C(CCC1NC(=O)OC1=O)OCc1ccccc1. The van der Waals surface area contributed by atoms with Crippen molar-refractivity contribution in [2.45, 2.75) is 51.0 Å². The first-order chi connectivity index (χ1) is 17.2. The van der Waals surface area contributed by atoms with Gasteiger partial charge >= 0.3 is 30.0 Å². The summed E-state index contributed by atoms with van der Waals surface area (Å²) in [5, 5.41) is 10.8. The predicted octanol–water partition coefficient (Wildman–Crippen LogP) is 2.07. The van der Waals surface area contributed by atoms with Crippen LogP contribution in [0.15, 0.2) is 60.7 Å². The largest absolute Gasteiger partial charge is 0.480 e. The van der Waals surface area contributed by atoms with Gasteiger partial charge in [0.25, 0.3) is 0 Å². The maximum absolute atomic E-state index is 11.5. The van der Waals surface area contributed by atoms with Gasteiger partial charge in [0.05, 0.1) is 0 Å². The normalized spacial score (nSPS) is 15.0. The molecule has 11 heteroatoms. The minimum absolute atomic E-state index is 0.0142. The van der Waals surface area contributed by atoms with Gasteiger partial charge in [0.1, 0.15) is 25.3 Å². The third-order valence-electron chi connectivity index (χ3n) is 4.87. The summed E-state index contributed by atoms with van der Waals surface area (Å²) in [6, 6.07) is 16.8. The van der Waals surface area contributed by atoms with Gasteiger partial charge in [-0.3, -0.25) is 14.4 Å². The summed E-state index contributed by atoms with van der Waals surface area (Å²) in [7, 11) is 0. The Morgan fingerprint density at radius 1 is 0.889 bits per heavy atom. The monoisotopic (exact) mass is 500 g/mol. The number of hydrogen-bond acceptors (Lipinski definition) is 9. The van der Waals surface area contributed by atoms with Crippen LogP contribution >= 0.6 is 0 Å². The van der Waals surface area contributed by atoms with Crippen molar-refractivity contribution in [3.05, 3.63) is 71.8 Å². The molecule has 1 heterocycles. The molecule has 0 aromatic heterocycles. The molecule has 0 bridgehead atoms. The molecule has 4 N–H and O–H groups in total. The molecular formula is C25H28N2O9. The number of carboxylic acids is 1. The Morgan fingerprint density at radius 3 is 1.83 bits per heavy atom. The first kappa shape index (κ1) is 28.0. The summed E-state index contributed by atoms with van der Waals surface area (Å²) in [6.45, 7) is 0.392. The zero-order valence-corrected chi connectivity index (χ0v) is 19.5. The molecule has 192 valence electrons. The summed E-state index contributed by atoms with van der Waals surface area (Å²) < 4.78 is 14.3. The van der Waals surface area contributed by atoms with Crippen molar-refractivity contribution in [2.24, 2.45) is 5.73 Å². The molecule has 1 amide bonds. The van der Waals surface area contributed by atoms with Crippen LogP contribution in [0, 0.1) is 0 Å². The maximum atomic E-state index is 11.5. The Balaban J connectivity index is 0.000000255. The average molecular weight is 501 g/mol. The summed E-state index contributed by atoms with van der Waals surface area (Å²) in [5.74, 6) is -2.62. The molecule has 2 aromatic rings. The third kappa shape index (κ3) is 10.8. The van der Waals surface area contributed by atoms with Crippen LogP contribution in [0.1, 0.15) is 36.8 Å². The summed E-state index contributed by atoms with van der Waals surface area (Å²) in [6.07, 6.45) is -0.443. The Morgan fingerprint density at radius 2 is 1.39 bits per heavy atom. The lowest BCUT2D eigenvalue weighted by molar-refractivity contribution is -0.146. The molecule has 0 aliphatic carbocycles. The first-order valence-electron chi connectivity index (χ1n) is 11.1. The Hall–Kier alpha value is -4.25. The van der Waals surface area contributed by atoms with E-state index >= 15 is 0 Å². The van der Waals surface area contributed by atoms with Crippen molar-refractivity contribution >= 4 is 30.0 Å². The van der Waals surface area contributed by atoms with Crippen molar-refractivity contribution in [3.8, 4) is 0 Å². The number of benzene rings is 2. The van der Waals surface area contributed by atoms with Gasteiger partial charge in [-0.25, -0.2) is 9.59 Å². The topological polar surface area (TPSA) is 171 Å². The quantitative estimate of drug-likeness (QED) is 0.236. The van der Waals surface area contributed by atoms with Crippen molar-refractivity contribution in [1.82, 2.24) is 5.32 Å². The minimum atomic E-state index is -1.11. The van der Waals surface area contributed by atoms with Crippen molar-refractivity contribution in [3.63, 3.8) is 0 Å². The van der Waals surface area contributed by atoms with E-state index in [1.54, 1.807) is 0 Å². The second-order valence-corrected chi connectivity index (χ2v) is 7.72. The molecular weight excluding hydrogens is 472 g/mol. The van der Waals surface area contributed by atoms with Crippen LogP contribution < -0.4 is 11.1 Å². The fraction of sp³-hybridized carbons (Fsp3) is 0.320. The lowest BCUT2D eigenvalue weighted by Gasteiger charge is -2.07. The van der Waals surface area contributed by atoms with Gasteiger partial charge in [-0.15, -0.1) is 0 Å². The molecule has 2 atom stereocenters. The number of carbonyl (C=O) groups excluding carboxylic acids is 4. The lowest BCUT2D eigenvalue weighted by atomic mass is 10.1. The molecule has 36 heavy (non-hydrogen) atoms. The van der Waals surface area contributed by atoms with E-state index in [0.29, 0.717) is 0 Å². The number of aliphatic carboxylic acids is 1. The summed E-state index contributed by atoms with van der Waals surface area (Å²) >= 11 is 0. The first-order valence-corrected chi connectivity index (χ1v) is 11.1. The molecule has 0 saturated carbocycles. The molecule has 2 aromatic carbocycles. The summed E-state index contributed by atoms with van der Waals surface area (Å²) in [5.41, 5.74) is 7.05. The Bertz CT molecular complexity index is 1030. The molecule has 11 nitrogen and oxygen atoms in total. The van der Waals surface area contributed by atoms with Gasteiger partial charge in [0, 0.05) is 12.8 Å². The highest BCUT2D eigenvalue weighted by Crippen LogP contribution is 2.09. The van der Waals surface area contributed by atoms with Crippen LogP contribution in [0.4, 0.5) is 4.79 Å². The van der Waals surface area contributed by atoms with Crippen LogP contribution in [0.5, 0.6) is 0 Å². The third-order valence-corrected chi connectivity index (χ3v) is 4.87.